The molecular weight excluding hydrogens is 232 g/mol. The third-order valence-corrected chi connectivity index (χ3v) is 3.55. The van der Waals surface area contributed by atoms with Crippen molar-refractivity contribution in [1.82, 2.24) is 0 Å². The van der Waals surface area contributed by atoms with Crippen molar-refractivity contribution < 1.29 is 19.1 Å². The van der Waals surface area contributed by atoms with Crippen LogP contribution in [-0.2, 0) is 4.74 Å². The molecule has 1 aromatic heterocycles. The van der Waals surface area contributed by atoms with Gasteiger partial charge in [-0.3, -0.25) is 0 Å². The normalized spacial score (nSPS) is 22.3. The molecule has 4 heteroatoms. The number of ether oxygens (including phenoxy) is 1. The van der Waals surface area contributed by atoms with Gasteiger partial charge in [0.15, 0.2) is 0 Å². The molecule has 18 heavy (non-hydrogen) atoms. The van der Waals surface area contributed by atoms with E-state index in [4.69, 9.17) is 9.15 Å². The van der Waals surface area contributed by atoms with Gasteiger partial charge in [-0.1, -0.05) is 13.8 Å². The van der Waals surface area contributed by atoms with Crippen molar-refractivity contribution >= 4 is 12.0 Å². The lowest BCUT2D eigenvalue weighted by atomic mass is 9.84. The predicted octanol–water partition coefficient (Wildman–Crippen LogP) is 3.42. The van der Waals surface area contributed by atoms with E-state index in [1.165, 1.54) is 0 Å². The minimum atomic E-state index is -0.397. The van der Waals surface area contributed by atoms with Crippen LogP contribution in [0.4, 0.5) is 0 Å². The van der Waals surface area contributed by atoms with Gasteiger partial charge in [0.05, 0.1) is 12.4 Å². The highest BCUT2D eigenvalue weighted by molar-refractivity contribution is 5.95. The Bertz CT molecular complexity index is 510. The SMILES string of the molecule is CCOC(=O)c1c(C)oc2c1C=C(O)C(C)C2C. The highest BCUT2D eigenvalue weighted by atomic mass is 16.5. The molecule has 1 aliphatic carbocycles. The van der Waals surface area contributed by atoms with Gasteiger partial charge in [-0.25, -0.2) is 4.79 Å². The number of aliphatic hydroxyl groups is 1. The van der Waals surface area contributed by atoms with E-state index in [1.807, 2.05) is 13.8 Å². The largest absolute Gasteiger partial charge is 0.512 e. The first-order valence-corrected chi connectivity index (χ1v) is 6.18. The quantitative estimate of drug-likeness (QED) is 0.817. The van der Waals surface area contributed by atoms with Crippen LogP contribution in [0, 0.1) is 12.8 Å². The average Bonchev–Trinajstić information content (AvgIpc) is 2.63. The first-order valence-electron chi connectivity index (χ1n) is 6.18. The van der Waals surface area contributed by atoms with Crippen LogP contribution in [0.5, 0.6) is 0 Å². The van der Waals surface area contributed by atoms with Gasteiger partial charge in [0.1, 0.15) is 17.1 Å². The molecule has 1 N–H and O–H groups in total. The van der Waals surface area contributed by atoms with Crippen molar-refractivity contribution in [2.75, 3.05) is 6.61 Å². The molecule has 4 nitrogen and oxygen atoms in total. The summed E-state index contributed by atoms with van der Waals surface area (Å²) in [5, 5.41) is 9.91. The summed E-state index contributed by atoms with van der Waals surface area (Å²) in [6.07, 6.45) is 1.61. The smallest absolute Gasteiger partial charge is 0.342 e. The minimum Gasteiger partial charge on any atom is -0.512 e. The second-order valence-corrected chi connectivity index (χ2v) is 4.68. The lowest BCUT2D eigenvalue weighted by molar-refractivity contribution is 0.0524. The van der Waals surface area contributed by atoms with E-state index in [-0.39, 0.29) is 17.6 Å². The van der Waals surface area contributed by atoms with Crippen LogP contribution in [0.15, 0.2) is 10.2 Å². The summed E-state index contributed by atoms with van der Waals surface area (Å²) >= 11 is 0. The zero-order valence-corrected chi connectivity index (χ0v) is 11.1. The number of aliphatic hydroxyl groups excluding tert-OH is 1. The molecule has 0 spiro atoms. The molecule has 2 atom stereocenters. The van der Waals surface area contributed by atoms with Crippen LogP contribution < -0.4 is 0 Å². The van der Waals surface area contributed by atoms with Crippen LogP contribution in [0.2, 0.25) is 0 Å². The molecule has 0 aliphatic heterocycles. The minimum absolute atomic E-state index is 0.00176. The molecule has 1 aromatic rings. The molecule has 0 aromatic carbocycles. The topological polar surface area (TPSA) is 59.7 Å². The summed E-state index contributed by atoms with van der Waals surface area (Å²) in [6.45, 7) is 7.73. The molecule has 0 saturated carbocycles. The van der Waals surface area contributed by atoms with E-state index in [2.05, 4.69) is 0 Å². The number of esters is 1. The number of furan rings is 1. The van der Waals surface area contributed by atoms with Gasteiger partial charge in [0.25, 0.3) is 0 Å². The average molecular weight is 250 g/mol. The van der Waals surface area contributed by atoms with E-state index >= 15 is 0 Å². The maximum Gasteiger partial charge on any atom is 0.342 e. The summed E-state index contributed by atoms with van der Waals surface area (Å²) in [5.74, 6) is 1.22. The lowest BCUT2D eigenvalue weighted by Gasteiger charge is -2.22. The zero-order chi connectivity index (χ0) is 13.4. The van der Waals surface area contributed by atoms with Crippen molar-refractivity contribution in [3.8, 4) is 0 Å². The molecule has 1 heterocycles. The number of allylic oxidation sites excluding steroid dienone is 1. The van der Waals surface area contributed by atoms with Crippen LogP contribution in [-0.4, -0.2) is 17.7 Å². The number of hydrogen-bond acceptors (Lipinski definition) is 4. The van der Waals surface area contributed by atoms with Gasteiger partial charge < -0.3 is 14.3 Å². The predicted molar refractivity (Wildman–Crippen MR) is 67.6 cm³/mol. The molecule has 0 saturated heterocycles. The van der Waals surface area contributed by atoms with Crippen LogP contribution in [0.25, 0.3) is 6.08 Å². The number of carbonyl (C=O) groups excluding carboxylic acids is 1. The molecule has 98 valence electrons. The van der Waals surface area contributed by atoms with Crippen LogP contribution in [0.3, 0.4) is 0 Å². The van der Waals surface area contributed by atoms with E-state index in [9.17, 15) is 9.90 Å². The van der Waals surface area contributed by atoms with Gasteiger partial charge in [-0.05, 0) is 19.9 Å². The van der Waals surface area contributed by atoms with Gasteiger partial charge >= 0.3 is 5.97 Å². The van der Waals surface area contributed by atoms with Crippen LogP contribution in [0.1, 0.15) is 54.1 Å². The maximum atomic E-state index is 11.9. The van der Waals surface area contributed by atoms with Crippen molar-refractivity contribution in [3.63, 3.8) is 0 Å². The molecule has 0 fully saturated rings. The molecule has 0 amide bonds. The number of rotatable bonds is 2. The maximum absolute atomic E-state index is 11.9. The first kappa shape index (κ1) is 12.7. The van der Waals surface area contributed by atoms with E-state index in [1.54, 1.807) is 19.9 Å². The highest BCUT2D eigenvalue weighted by Crippen LogP contribution is 2.40. The Kier molecular flexibility index (Phi) is 3.20. The Morgan fingerprint density at radius 3 is 2.72 bits per heavy atom. The molecule has 0 bridgehead atoms. The molecule has 2 rings (SSSR count). The van der Waals surface area contributed by atoms with Crippen LogP contribution >= 0.6 is 0 Å². The molecule has 0 radical (unpaired) electrons. The van der Waals surface area contributed by atoms with E-state index < -0.39 is 5.97 Å². The van der Waals surface area contributed by atoms with E-state index in [0.29, 0.717) is 23.5 Å². The summed E-state index contributed by atoms with van der Waals surface area (Å²) in [5.41, 5.74) is 1.09. The Morgan fingerprint density at radius 2 is 2.11 bits per heavy atom. The van der Waals surface area contributed by atoms with Crippen molar-refractivity contribution in [2.45, 2.75) is 33.6 Å². The highest BCUT2D eigenvalue weighted by Gasteiger charge is 2.33. The first-order chi connectivity index (χ1) is 8.47. The fourth-order valence-corrected chi connectivity index (χ4v) is 2.28. The Morgan fingerprint density at radius 1 is 1.44 bits per heavy atom. The van der Waals surface area contributed by atoms with Crippen molar-refractivity contribution in [2.24, 2.45) is 5.92 Å². The molecular formula is C14H18O4. The second-order valence-electron chi connectivity index (χ2n) is 4.68. The zero-order valence-electron chi connectivity index (χ0n) is 11.1. The van der Waals surface area contributed by atoms with Gasteiger partial charge in [-0.15, -0.1) is 0 Å². The Labute approximate surface area is 106 Å². The Hall–Kier alpha value is -1.71. The summed E-state index contributed by atoms with van der Waals surface area (Å²) in [6, 6.07) is 0. The summed E-state index contributed by atoms with van der Waals surface area (Å²) in [7, 11) is 0. The van der Waals surface area contributed by atoms with Gasteiger partial charge in [0.2, 0.25) is 0 Å². The standard InChI is InChI=1S/C14H18O4/c1-5-17-14(16)12-9(4)18-13-8(3)7(2)11(15)6-10(12)13/h6-8,15H,5H2,1-4H3. The monoisotopic (exact) mass is 250 g/mol. The summed E-state index contributed by atoms with van der Waals surface area (Å²) < 4.78 is 10.7. The Balaban J connectivity index is 2.55. The van der Waals surface area contributed by atoms with E-state index in [0.717, 1.165) is 5.76 Å². The lowest BCUT2D eigenvalue weighted by Crippen LogP contribution is -2.15. The number of aryl methyl sites for hydroxylation is 1. The van der Waals surface area contributed by atoms with Gasteiger partial charge in [-0.2, -0.15) is 0 Å². The fourth-order valence-electron chi connectivity index (χ4n) is 2.28. The summed E-state index contributed by atoms with van der Waals surface area (Å²) in [4.78, 5) is 11.9. The molecule has 1 aliphatic rings. The number of hydrogen-bond donors (Lipinski definition) is 1. The third kappa shape index (κ3) is 1.82. The van der Waals surface area contributed by atoms with Gasteiger partial charge in [0, 0.05) is 17.4 Å². The third-order valence-electron chi connectivity index (χ3n) is 3.55. The number of carbonyl (C=O) groups is 1. The molecule has 2 unspecified atom stereocenters. The number of fused-ring (bicyclic) bond motifs is 1. The second kappa shape index (κ2) is 4.52. The van der Waals surface area contributed by atoms with Crippen molar-refractivity contribution in [1.29, 1.82) is 0 Å². The van der Waals surface area contributed by atoms with Crippen molar-refractivity contribution in [3.05, 3.63) is 28.4 Å². The fraction of sp³-hybridized carbons (Fsp3) is 0.500.